The Morgan fingerprint density at radius 2 is 2.25 bits per heavy atom. The van der Waals surface area contributed by atoms with Crippen molar-refractivity contribution in [1.29, 1.82) is 0 Å². The zero-order chi connectivity index (χ0) is 11.7. The fourth-order valence-corrected chi connectivity index (χ4v) is 1.47. The van der Waals surface area contributed by atoms with Gasteiger partial charge in [0.1, 0.15) is 5.15 Å². The maximum Gasteiger partial charge on any atom is 0.437 e. The van der Waals surface area contributed by atoms with Crippen molar-refractivity contribution in [2.45, 2.75) is 19.9 Å². The standard InChI is InChI=1S/C10H10ClN3O2/c1-6(2)14-10(15)16-9(13-14)7-4-3-5-12-8(7)11/h3-6H,1-2H3. The molecule has 0 spiro atoms. The summed E-state index contributed by atoms with van der Waals surface area (Å²) in [5, 5.41) is 4.32. The third-order valence-electron chi connectivity index (χ3n) is 2.05. The van der Waals surface area contributed by atoms with Gasteiger partial charge in [0, 0.05) is 6.20 Å². The second-order valence-electron chi connectivity index (χ2n) is 3.55. The Balaban J connectivity index is 2.54. The van der Waals surface area contributed by atoms with Crippen molar-refractivity contribution in [3.8, 4) is 11.5 Å². The molecule has 0 N–H and O–H groups in total. The lowest BCUT2D eigenvalue weighted by atomic mass is 10.3. The van der Waals surface area contributed by atoms with E-state index in [2.05, 4.69) is 10.1 Å². The Bertz CT molecular complexity index is 559. The lowest BCUT2D eigenvalue weighted by molar-refractivity contribution is 0.449. The number of hydrogen-bond acceptors (Lipinski definition) is 4. The molecular weight excluding hydrogens is 230 g/mol. The maximum atomic E-state index is 11.4. The first-order valence-corrected chi connectivity index (χ1v) is 5.18. The molecule has 0 amide bonds. The van der Waals surface area contributed by atoms with E-state index in [4.69, 9.17) is 16.0 Å². The third kappa shape index (κ3) is 1.86. The van der Waals surface area contributed by atoms with Gasteiger partial charge >= 0.3 is 5.76 Å². The van der Waals surface area contributed by atoms with Crippen LogP contribution in [0.25, 0.3) is 11.5 Å². The molecule has 6 heteroatoms. The normalized spacial score (nSPS) is 11.0. The molecule has 0 saturated carbocycles. The number of hydrogen-bond donors (Lipinski definition) is 0. The zero-order valence-corrected chi connectivity index (χ0v) is 9.60. The highest BCUT2D eigenvalue weighted by Crippen LogP contribution is 2.22. The van der Waals surface area contributed by atoms with Crippen LogP contribution >= 0.6 is 11.6 Å². The van der Waals surface area contributed by atoms with Crippen molar-refractivity contribution in [2.24, 2.45) is 0 Å². The van der Waals surface area contributed by atoms with E-state index >= 15 is 0 Å². The molecule has 2 heterocycles. The van der Waals surface area contributed by atoms with Crippen LogP contribution in [0.2, 0.25) is 5.15 Å². The average Bonchev–Trinajstić information content (AvgIpc) is 2.61. The quantitative estimate of drug-likeness (QED) is 0.754. The summed E-state index contributed by atoms with van der Waals surface area (Å²) in [5.74, 6) is -0.304. The molecule has 0 aliphatic heterocycles. The van der Waals surface area contributed by atoms with Crippen molar-refractivity contribution >= 4 is 11.6 Å². The van der Waals surface area contributed by atoms with Crippen LogP contribution in [0.15, 0.2) is 27.5 Å². The minimum absolute atomic E-state index is 0.0551. The molecule has 84 valence electrons. The zero-order valence-electron chi connectivity index (χ0n) is 8.85. The lowest BCUT2D eigenvalue weighted by Crippen LogP contribution is -2.17. The first kappa shape index (κ1) is 10.9. The minimum Gasteiger partial charge on any atom is -0.387 e. The third-order valence-corrected chi connectivity index (χ3v) is 2.35. The van der Waals surface area contributed by atoms with Crippen LogP contribution < -0.4 is 5.76 Å². The topological polar surface area (TPSA) is 60.9 Å². The van der Waals surface area contributed by atoms with Gasteiger partial charge in [-0.25, -0.2) is 9.78 Å². The van der Waals surface area contributed by atoms with Gasteiger partial charge in [-0.1, -0.05) is 11.6 Å². The van der Waals surface area contributed by atoms with Gasteiger partial charge in [0.15, 0.2) is 0 Å². The molecule has 0 saturated heterocycles. The molecule has 5 nitrogen and oxygen atoms in total. The van der Waals surface area contributed by atoms with Gasteiger partial charge < -0.3 is 4.42 Å². The minimum atomic E-state index is -0.495. The van der Waals surface area contributed by atoms with Crippen LogP contribution in [0.3, 0.4) is 0 Å². The van der Waals surface area contributed by atoms with Gasteiger partial charge in [0.05, 0.1) is 11.6 Å². The summed E-state index contributed by atoms with van der Waals surface area (Å²) in [4.78, 5) is 15.3. The molecule has 2 rings (SSSR count). The largest absolute Gasteiger partial charge is 0.437 e. The summed E-state index contributed by atoms with van der Waals surface area (Å²) in [6, 6.07) is 3.35. The number of pyridine rings is 1. The predicted molar refractivity (Wildman–Crippen MR) is 59.4 cm³/mol. The summed E-state index contributed by atoms with van der Waals surface area (Å²) in [6.45, 7) is 3.69. The molecule has 2 aromatic rings. The van der Waals surface area contributed by atoms with Crippen LogP contribution in [-0.4, -0.2) is 14.8 Å². The molecule has 16 heavy (non-hydrogen) atoms. The van der Waals surface area contributed by atoms with Crippen molar-refractivity contribution < 1.29 is 4.42 Å². The molecule has 0 aliphatic carbocycles. The summed E-state index contributed by atoms with van der Waals surface area (Å²) in [7, 11) is 0. The van der Waals surface area contributed by atoms with Crippen molar-refractivity contribution in [1.82, 2.24) is 14.8 Å². The Labute approximate surface area is 96.7 Å². The van der Waals surface area contributed by atoms with Gasteiger partial charge in [-0.05, 0) is 26.0 Å². The highest BCUT2D eigenvalue weighted by molar-refractivity contribution is 6.31. The smallest absolute Gasteiger partial charge is 0.387 e. The van der Waals surface area contributed by atoms with Crippen LogP contribution in [0.5, 0.6) is 0 Å². The molecular formula is C10H10ClN3O2. The van der Waals surface area contributed by atoms with E-state index in [1.807, 2.05) is 13.8 Å². The van der Waals surface area contributed by atoms with E-state index in [-0.39, 0.29) is 17.1 Å². The van der Waals surface area contributed by atoms with Crippen LogP contribution in [-0.2, 0) is 0 Å². The summed E-state index contributed by atoms with van der Waals surface area (Å²) in [6.07, 6.45) is 1.56. The second kappa shape index (κ2) is 4.09. The predicted octanol–water partition coefficient (Wildman–Crippen LogP) is 2.13. The van der Waals surface area contributed by atoms with Crippen molar-refractivity contribution in [3.05, 3.63) is 34.0 Å². The average molecular weight is 240 g/mol. The van der Waals surface area contributed by atoms with E-state index in [9.17, 15) is 4.79 Å². The van der Waals surface area contributed by atoms with E-state index in [0.717, 1.165) is 0 Å². The summed E-state index contributed by atoms with van der Waals surface area (Å²) in [5.41, 5.74) is 0.515. The number of halogens is 1. The first-order chi connectivity index (χ1) is 7.59. The number of aromatic nitrogens is 3. The Hall–Kier alpha value is -1.62. The van der Waals surface area contributed by atoms with Crippen LogP contribution in [0.4, 0.5) is 0 Å². The van der Waals surface area contributed by atoms with E-state index in [1.165, 1.54) is 4.68 Å². The second-order valence-corrected chi connectivity index (χ2v) is 3.91. The maximum absolute atomic E-state index is 11.4. The highest BCUT2D eigenvalue weighted by Gasteiger charge is 2.14. The van der Waals surface area contributed by atoms with Gasteiger partial charge in [-0.2, -0.15) is 4.68 Å². The monoisotopic (exact) mass is 239 g/mol. The lowest BCUT2D eigenvalue weighted by Gasteiger charge is -1.99. The highest BCUT2D eigenvalue weighted by atomic mass is 35.5. The molecule has 0 atom stereocenters. The summed E-state index contributed by atoms with van der Waals surface area (Å²) < 4.78 is 6.28. The van der Waals surface area contributed by atoms with Gasteiger partial charge in [-0.3, -0.25) is 0 Å². The van der Waals surface area contributed by atoms with E-state index < -0.39 is 5.76 Å². The molecule has 0 fully saturated rings. The SMILES string of the molecule is CC(C)n1nc(-c2cccnc2Cl)oc1=O. The Kier molecular flexibility index (Phi) is 2.78. The fourth-order valence-electron chi connectivity index (χ4n) is 1.27. The first-order valence-electron chi connectivity index (χ1n) is 4.80. The molecule has 0 radical (unpaired) electrons. The molecule has 0 bridgehead atoms. The van der Waals surface area contributed by atoms with E-state index in [1.54, 1.807) is 18.3 Å². The fraction of sp³-hybridized carbons (Fsp3) is 0.300. The molecule has 0 aromatic carbocycles. The Morgan fingerprint density at radius 1 is 1.50 bits per heavy atom. The molecule has 0 unspecified atom stereocenters. The number of nitrogens with zero attached hydrogens (tertiary/aromatic N) is 3. The van der Waals surface area contributed by atoms with Gasteiger partial charge in [-0.15, -0.1) is 5.10 Å². The van der Waals surface area contributed by atoms with Crippen molar-refractivity contribution in [2.75, 3.05) is 0 Å². The van der Waals surface area contributed by atoms with Crippen LogP contribution in [0, 0.1) is 0 Å². The molecule has 0 aliphatic rings. The Morgan fingerprint density at radius 3 is 2.81 bits per heavy atom. The summed E-state index contributed by atoms with van der Waals surface area (Å²) >= 11 is 5.88. The molecule has 2 aromatic heterocycles. The number of rotatable bonds is 2. The van der Waals surface area contributed by atoms with Crippen LogP contribution in [0.1, 0.15) is 19.9 Å². The van der Waals surface area contributed by atoms with Gasteiger partial charge in [0.2, 0.25) is 0 Å². The van der Waals surface area contributed by atoms with Crippen molar-refractivity contribution in [3.63, 3.8) is 0 Å². The van der Waals surface area contributed by atoms with E-state index in [0.29, 0.717) is 5.56 Å². The van der Waals surface area contributed by atoms with Gasteiger partial charge in [0.25, 0.3) is 5.89 Å².